The van der Waals surface area contributed by atoms with Crippen LogP contribution < -0.4 is 5.32 Å². The van der Waals surface area contributed by atoms with Gasteiger partial charge in [-0.25, -0.2) is 0 Å². The highest BCUT2D eigenvalue weighted by molar-refractivity contribution is 6.30. The smallest absolute Gasteiger partial charge is 0.0406 e. The van der Waals surface area contributed by atoms with Crippen LogP contribution in [0.15, 0.2) is 24.3 Å². The highest BCUT2D eigenvalue weighted by atomic mass is 35.5. The quantitative estimate of drug-likeness (QED) is 0.800. The first kappa shape index (κ1) is 12.9. The average Bonchev–Trinajstić information content (AvgIpc) is 2.57. The van der Waals surface area contributed by atoms with E-state index in [0.717, 1.165) is 10.9 Å². The van der Waals surface area contributed by atoms with Gasteiger partial charge in [-0.1, -0.05) is 43.0 Å². The van der Waals surface area contributed by atoms with Crippen molar-refractivity contribution in [1.29, 1.82) is 0 Å². The molecule has 2 atom stereocenters. The lowest BCUT2D eigenvalue weighted by Gasteiger charge is -2.24. The van der Waals surface area contributed by atoms with Crippen LogP contribution in [0.4, 0.5) is 0 Å². The Morgan fingerprint density at radius 1 is 1.12 bits per heavy atom. The Bertz CT molecular complexity index is 333. The average molecular weight is 252 g/mol. The molecule has 2 heteroatoms. The molecule has 2 unspecified atom stereocenters. The monoisotopic (exact) mass is 251 g/mol. The highest BCUT2D eigenvalue weighted by Crippen LogP contribution is 2.26. The van der Waals surface area contributed by atoms with Crippen LogP contribution in [0.25, 0.3) is 0 Å². The minimum absolute atomic E-state index is 0.688. The van der Waals surface area contributed by atoms with Gasteiger partial charge in [0.25, 0.3) is 0 Å². The lowest BCUT2D eigenvalue weighted by atomic mass is 9.88. The zero-order valence-electron chi connectivity index (χ0n) is 10.6. The van der Waals surface area contributed by atoms with Crippen LogP contribution in [-0.4, -0.2) is 13.1 Å². The summed E-state index contributed by atoms with van der Waals surface area (Å²) in [6, 6.07) is 9.03. The summed E-state index contributed by atoms with van der Waals surface area (Å²) in [6.45, 7) is 0. The molecule has 1 aromatic carbocycles. The van der Waals surface area contributed by atoms with E-state index >= 15 is 0 Å². The Labute approximate surface area is 110 Å². The van der Waals surface area contributed by atoms with Gasteiger partial charge in [-0.15, -0.1) is 0 Å². The van der Waals surface area contributed by atoms with E-state index in [-0.39, 0.29) is 0 Å². The normalized spacial score (nSPS) is 25.5. The minimum atomic E-state index is 0.688. The first-order chi connectivity index (χ1) is 8.29. The summed E-state index contributed by atoms with van der Waals surface area (Å²) in [7, 11) is 2.10. The first-order valence-electron chi connectivity index (χ1n) is 6.71. The Balaban J connectivity index is 2.01. The lowest BCUT2D eigenvalue weighted by Crippen LogP contribution is -2.33. The predicted molar refractivity (Wildman–Crippen MR) is 74.6 cm³/mol. The SMILES string of the molecule is CNC1CCCCCC1Cc1ccc(Cl)cc1. The first-order valence-corrected chi connectivity index (χ1v) is 7.09. The fourth-order valence-electron chi connectivity index (χ4n) is 2.93. The van der Waals surface area contributed by atoms with Crippen LogP contribution >= 0.6 is 11.6 Å². The summed E-state index contributed by atoms with van der Waals surface area (Å²) in [4.78, 5) is 0. The molecule has 0 bridgehead atoms. The van der Waals surface area contributed by atoms with Crippen LogP contribution in [0.2, 0.25) is 5.02 Å². The third-order valence-electron chi connectivity index (χ3n) is 3.94. The van der Waals surface area contributed by atoms with Crippen molar-refractivity contribution in [1.82, 2.24) is 5.32 Å². The van der Waals surface area contributed by atoms with Gasteiger partial charge in [-0.05, 0) is 49.9 Å². The Morgan fingerprint density at radius 3 is 2.53 bits per heavy atom. The Kier molecular flexibility index (Phi) is 4.87. The van der Waals surface area contributed by atoms with Gasteiger partial charge >= 0.3 is 0 Å². The molecule has 1 fully saturated rings. The summed E-state index contributed by atoms with van der Waals surface area (Å²) >= 11 is 5.92. The van der Waals surface area contributed by atoms with E-state index in [4.69, 9.17) is 11.6 Å². The fraction of sp³-hybridized carbons (Fsp3) is 0.600. The van der Waals surface area contributed by atoms with Crippen LogP contribution in [0, 0.1) is 5.92 Å². The molecule has 1 saturated carbocycles. The molecule has 1 aromatic rings. The van der Waals surface area contributed by atoms with E-state index in [1.54, 1.807) is 0 Å². The molecule has 0 amide bonds. The summed E-state index contributed by atoms with van der Waals surface area (Å²) < 4.78 is 0. The Hall–Kier alpha value is -0.530. The molecule has 1 aliphatic carbocycles. The second-order valence-electron chi connectivity index (χ2n) is 5.12. The van der Waals surface area contributed by atoms with Crippen molar-refractivity contribution in [2.45, 2.75) is 44.6 Å². The molecule has 0 spiro atoms. The van der Waals surface area contributed by atoms with Crippen molar-refractivity contribution in [2.75, 3.05) is 7.05 Å². The largest absolute Gasteiger partial charge is 0.317 e. The zero-order chi connectivity index (χ0) is 12.1. The highest BCUT2D eigenvalue weighted by Gasteiger charge is 2.22. The lowest BCUT2D eigenvalue weighted by molar-refractivity contribution is 0.350. The van der Waals surface area contributed by atoms with Gasteiger partial charge in [0.05, 0.1) is 0 Å². The number of halogens is 1. The molecule has 0 aliphatic heterocycles. The van der Waals surface area contributed by atoms with Gasteiger partial charge in [-0.2, -0.15) is 0 Å². The van der Waals surface area contributed by atoms with E-state index in [0.29, 0.717) is 6.04 Å². The molecular formula is C15H22ClN. The molecule has 1 N–H and O–H groups in total. The summed E-state index contributed by atoms with van der Waals surface area (Å²) in [5, 5.41) is 4.33. The third-order valence-corrected chi connectivity index (χ3v) is 4.19. The number of nitrogens with one attached hydrogen (secondary N) is 1. The maximum absolute atomic E-state index is 5.92. The summed E-state index contributed by atoms with van der Waals surface area (Å²) in [5.74, 6) is 0.781. The summed E-state index contributed by atoms with van der Waals surface area (Å²) in [5.41, 5.74) is 1.42. The van der Waals surface area contributed by atoms with E-state index in [9.17, 15) is 0 Å². The van der Waals surface area contributed by atoms with Crippen LogP contribution in [0.1, 0.15) is 37.7 Å². The van der Waals surface area contributed by atoms with Crippen LogP contribution in [0.3, 0.4) is 0 Å². The van der Waals surface area contributed by atoms with Crippen molar-refractivity contribution >= 4 is 11.6 Å². The maximum Gasteiger partial charge on any atom is 0.0406 e. The molecule has 1 nitrogen and oxygen atoms in total. The zero-order valence-corrected chi connectivity index (χ0v) is 11.3. The predicted octanol–water partition coefficient (Wildman–Crippen LogP) is 4.05. The Morgan fingerprint density at radius 2 is 1.82 bits per heavy atom. The number of benzene rings is 1. The van der Waals surface area contributed by atoms with Crippen molar-refractivity contribution < 1.29 is 0 Å². The van der Waals surface area contributed by atoms with Crippen molar-refractivity contribution in [3.05, 3.63) is 34.9 Å². The van der Waals surface area contributed by atoms with Gasteiger partial charge in [0, 0.05) is 11.1 Å². The van der Waals surface area contributed by atoms with Crippen LogP contribution in [0.5, 0.6) is 0 Å². The number of rotatable bonds is 3. The van der Waals surface area contributed by atoms with Crippen molar-refractivity contribution in [2.24, 2.45) is 5.92 Å². The van der Waals surface area contributed by atoms with E-state index in [1.165, 1.54) is 44.1 Å². The van der Waals surface area contributed by atoms with Gasteiger partial charge in [0.2, 0.25) is 0 Å². The molecule has 0 aromatic heterocycles. The molecule has 2 rings (SSSR count). The fourth-order valence-corrected chi connectivity index (χ4v) is 3.06. The van der Waals surface area contributed by atoms with E-state index < -0.39 is 0 Å². The second-order valence-corrected chi connectivity index (χ2v) is 5.56. The van der Waals surface area contributed by atoms with Crippen LogP contribution in [-0.2, 0) is 6.42 Å². The third kappa shape index (κ3) is 3.72. The number of hydrogen-bond donors (Lipinski definition) is 1. The molecule has 0 radical (unpaired) electrons. The standard InChI is InChI=1S/C15H22ClN/c1-17-15-6-4-2-3-5-13(15)11-12-7-9-14(16)10-8-12/h7-10,13,15,17H,2-6,11H2,1H3. The van der Waals surface area contributed by atoms with Crippen molar-refractivity contribution in [3.8, 4) is 0 Å². The molecular weight excluding hydrogens is 230 g/mol. The maximum atomic E-state index is 5.92. The number of hydrogen-bond acceptors (Lipinski definition) is 1. The topological polar surface area (TPSA) is 12.0 Å². The molecule has 17 heavy (non-hydrogen) atoms. The summed E-state index contributed by atoms with van der Waals surface area (Å²) in [6.07, 6.45) is 8.03. The molecule has 0 heterocycles. The van der Waals surface area contributed by atoms with E-state index in [2.05, 4.69) is 24.5 Å². The van der Waals surface area contributed by atoms with Gasteiger partial charge in [-0.3, -0.25) is 0 Å². The second kappa shape index (κ2) is 6.42. The minimum Gasteiger partial charge on any atom is -0.317 e. The molecule has 0 saturated heterocycles. The molecule has 1 aliphatic rings. The van der Waals surface area contributed by atoms with Gasteiger partial charge in [0.1, 0.15) is 0 Å². The van der Waals surface area contributed by atoms with Gasteiger partial charge < -0.3 is 5.32 Å². The van der Waals surface area contributed by atoms with Gasteiger partial charge in [0.15, 0.2) is 0 Å². The van der Waals surface area contributed by atoms with Crippen molar-refractivity contribution in [3.63, 3.8) is 0 Å². The molecule has 94 valence electrons. The van der Waals surface area contributed by atoms with E-state index in [1.807, 2.05) is 12.1 Å².